The average Bonchev–Trinajstić information content (AvgIpc) is 3.37. The van der Waals surface area contributed by atoms with E-state index in [9.17, 15) is 17.6 Å². The molecular weight excluding hydrogens is 569 g/mol. The van der Waals surface area contributed by atoms with Gasteiger partial charge >= 0.3 is 0 Å². The summed E-state index contributed by atoms with van der Waals surface area (Å²) < 4.78 is 58.1. The molecule has 0 aliphatic heterocycles. The molecule has 4 aromatic rings. The Balaban J connectivity index is 1.19. The Bertz CT molecular complexity index is 1580. The Morgan fingerprint density at radius 3 is 2.49 bits per heavy atom. The predicted octanol–water partition coefficient (Wildman–Crippen LogP) is 5.30. The maximum atomic E-state index is 12.9. The summed E-state index contributed by atoms with van der Waals surface area (Å²) in [5.74, 6) is 0.278. The Kier molecular flexibility index (Phi) is 10.5. The third kappa shape index (κ3) is 8.62. The molecule has 4 rings (SSSR count). The van der Waals surface area contributed by atoms with Crippen LogP contribution in [0, 0.1) is 5.82 Å². The number of nitrogens with zero attached hydrogens (tertiary/aromatic N) is 1. The molecule has 0 atom stereocenters. The topological polar surface area (TPSA) is 116 Å². The summed E-state index contributed by atoms with van der Waals surface area (Å²) in [4.78, 5) is 16.7. The van der Waals surface area contributed by atoms with Crippen LogP contribution in [0.5, 0.6) is 11.5 Å². The van der Waals surface area contributed by atoms with Gasteiger partial charge in [0, 0.05) is 12.6 Å². The van der Waals surface area contributed by atoms with E-state index in [4.69, 9.17) is 14.2 Å². The van der Waals surface area contributed by atoms with Crippen molar-refractivity contribution >= 4 is 43.2 Å². The molecule has 0 saturated carbocycles. The lowest BCUT2D eigenvalue weighted by molar-refractivity contribution is -0.126. The highest BCUT2D eigenvalue weighted by atomic mass is 32.2. The van der Waals surface area contributed by atoms with Crippen molar-refractivity contribution in [3.8, 4) is 11.5 Å². The molecule has 1 aromatic heterocycles. The molecular formula is C29H32FN3O6S2. The van der Waals surface area contributed by atoms with Crippen LogP contribution < -0.4 is 19.5 Å². The number of benzene rings is 3. The molecule has 3 aromatic carbocycles. The zero-order chi connectivity index (χ0) is 29.2. The van der Waals surface area contributed by atoms with Crippen molar-refractivity contribution in [2.24, 2.45) is 0 Å². The largest absolute Gasteiger partial charge is 0.493 e. The first kappa shape index (κ1) is 30.2. The number of methoxy groups -OCH3 is 2. The van der Waals surface area contributed by atoms with Crippen molar-refractivity contribution in [3.05, 3.63) is 77.1 Å². The van der Waals surface area contributed by atoms with Crippen LogP contribution in [-0.4, -0.2) is 46.7 Å². The van der Waals surface area contributed by atoms with Crippen LogP contribution in [0.4, 0.5) is 10.1 Å². The number of thiazole rings is 1. The number of carbonyl (C=O) groups excluding carboxylic acids is 1. The molecule has 0 fully saturated rings. The van der Waals surface area contributed by atoms with Gasteiger partial charge in [-0.2, -0.15) is 0 Å². The lowest BCUT2D eigenvalue weighted by atomic mass is 10.2. The summed E-state index contributed by atoms with van der Waals surface area (Å²) in [6.45, 7) is 0.763. The average molecular weight is 602 g/mol. The van der Waals surface area contributed by atoms with E-state index in [0.717, 1.165) is 46.5 Å². The number of hydrogen-bond donors (Lipinski definition) is 2. The molecule has 0 radical (unpaired) electrons. The van der Waals surface area contributed by atoms with Crippen LogP contribution in [0.3, 0.4) is 0 Å². The second-order valence-electron chi connectivity index (χ2n) is 9.19. The molecule has 218 valence electrons. The van der Waals surface area contributed by atoms with Crippen LogP contribution in [0.2, 0.25) is 0 Å². The van der Waals surface area contributed by atoms with E-state index < -0.39 is 10.0 Å². The molecule has 0 bridgehead atoms. The standard InChI is InChI=1S/C29H32FN3O6S2/c1-37-25-14-12-23(17-26(25)38-2)41(35,36)33-22-11-13-24-27(16-22)40-29(32-24)6-4-3-5-15-31-28(34)19-39-18-20-7-9-21(30)10-8-20/h7-14,16-17,33H,3-6,15,18-19H2,1-2H3,(H,31,34). The summed E-state index contributed by atoms with van der Waals surface area (Å²) in [5, 5.41) is 3.81. The first-order valence-corrected chi connectivity index (χ1v) is 15.3. The number of hydrogen-bond acceptors (Lipinski definition) is 8. The highest BCUT2D eigenvalue weighted by Crippen LogP contribution is 2.31. The maximum Gasteiger partial charge on any atom is 0.262 e. The van der Waals surface area contributed by atoms with Gasteiger partial charge in [0.25, 0.3) is 10.0 Å². The van der Waals surface area contributed by atoms with E-state index >= 15 is 0 Å². The molecule has 12 heteroatoms. The fraction of sp³-hybridized carbons (Fsp3) is 0.310. The highest BCUT2D eigenvalue weighted by molar-refractivity contribution is 7.92. The summed E-state index contributed by atoms with van der Waals surface area (Å²) in [5.41, 5.74) is 2.06. The number of aryl methyl sites for hydroxylation is 1. The van der Waals surface area contributed by atoms with Gasteiger partial charge in [-0.25, -0.2) is 17.8 Å². The number of nitrogens with one attached hydrogen (secondary N) is 2. The van der Waals surface area contributed by atoms with Crippen molar-refractivity contribution in [1.82, 2.24) is 10.3 Å². The first-order valence-electron chi connectivity index (χ1n) is 13.0. The third-order valence-corrected chi connectivity index (χ3v) is 8.61. The number of unbranched alkanes of at least 4 members (excludes halogenated alkanes) is 2. The number of anilines is 1. The molecule has 1 amide bonds. The fourth-order valence-electron chi connectivity index (χ4n) is 4.04. The molecule has 9 nitrogen and oxygen atoms in total. The maximum absolute atomic E-state index is 12.9. The normalized spacial score (nSPS) is 11.4. The lowest BCUT2D eigenvalue weighted by Crippen LogP contribution is -2.28. The zero-order valence-corrected chi connectivity index (χ0v) is 24.4. The highest BCUT2D eigenvalue weighted by Gasteiger charge is 2.18. The first-order chi connectivity index (χ1) is 19.8. The smallest absolute Gasteiger partial charge is 0.262 e. The molecule has 1 heterocycles. The van der Waals surface area contributed by atoms with Crippen molar-refractivity contribution in [3.63, 3.8) is 0 Å². The monoisotopic (exact) mass is 601 g/mol. The van der Waals surface area contributed by atoms with E-state index in [1.54, 1.807) is 36.4 Å². The number of amides is 1. The van der Waals surface area contributed by atoms with Gasteiger partial charge in [-0.3, -0.25) is 9.52 Å². The van der Waals surface area contributed by atoms with Gasteiger partial charge in [-0.15, -0.1) is 11.3 Å². The van der Waals surface area contributed by atoms with Crippen LogP contribution in [0.25, 0.3) is 10.2 Å². The number of halogens is 1. The van der Waals surface area contributed by atoms with Crippen LogP contribution in [0.15, 0.2) is 65.6 Å². The van der Waals surface area contributed by atoms with E-state index in [0.29, 0.717) is 23.7 Å². The number of carbonyl (C=O) groups is 1. The minimum absolute atomic E-state index is 0.0461. The third-order valence-electron chi connectivity index (χ3n) is 6.15. The quantitative estimate of drug-likeness (QED) is 0.178. The van der Waals surface area contributed by atoms with Gasteiger partial charge in [0.1, 0.15) is 12.4 Å². The van der Waals surface area contributed by atoms with Crippen molar-refractivity contribution < 1.29 is 31.8 Å². The number of rotatable bonds is 15. The van der Waals surface area contributed by atoms with Gasteiger partial charge < -0.3 is 19.5 Å². The molecule has 0 spiro atoms. The van der Waals surface area contributed by atoms with E-state index in [1.165, 1.54) is 49.8 Å². The number of fused-ring (bicyclic) bond motifs is 1. The zero-order valence-electron chi connectivity index (χ0n) is 22.8. The van der Waals surface area contributed by atoms with E-state index in [1.807, 2.05) is 0 Å². The van der Waals surface area contributed by atoms with E-state index in [-0.39, 0.29) is 29.8 Å². The molecule has 0 aliphatic rings. The van der Waals surface area contributed by atoms with Gasteiger partial charge in [-0.1, -0.05) is 18.6 Å². The van der Waals surface area contributed by atoms with Gasteiger partial charge in [0.2, 0.25) is 5.91 Å². The SMILES string of the molecule is COc1ccc(S(=O)(=O)Nc2ccc3nc(CCCCCNC(=O)COCc4ccc(F)cc4)sc3c2)cc1OC. The number of ether oxygens (including phenoxy) is 3. The summed E-state index contributed by atoms with van der Waals surface area (Å²) in [6, 6.07) is 15.7. The number of sulfonamides is 1. The Morgan fingerprint density at radius 1 is 0.951 bits per heavy atom. The fourth-order valence-corrected chi connectivity index (χ4v) is 6.15. The lowest BCUT2D eigenvalue weighted by Gasteiger charge is -2.11. The molecule has 41 heavy (non-hydrogen) atoms. The minimum atomic E-state index is -3.83. The molecule has 0 unspecified atom stereocenters. The van der Waals surface area contributed by atoms with Crippen molar-refractivity contribution in [2.75, 3.05) is 32.1 Å². The van der Waals surface area contributed by atoms with Gasteiger partial charge in [0.15, 0.2) is 11.5 Å². The Morgan fingerprint density at radius 2 is 1.73 bits per heavy atom. The summed E-state index contributed by atoms with van der Waals surface area (Å²) in [7, 11) is -0.896. The van der Waals surface area contributed by atoms with Crippen LogP contribution in [0.1, 0.15) is 29.8 Å². The summed E-state index contributed by atoms with van der Waals surface area (Å²) in [6.07, 6.45) is 3.45. The Labute approximate surface area is 242 Å². The second-order valence-corrected chi connectivity index (χ2v) is 12.0. The van der Waals surface area contributed by atoms with Crippen LogP contribution in [-0.2, 0) is 32.6 Å². The van der Waals surface area contributed by atoms with Gasteiger partial charge in [-0.05, 0) is 67.3 Å². The van der Waals surface area contributed by atoms with Crippen molar-refractivity contribution in [2.45, 2.75) is 37.2 Å². The molecule has 0 saturated heterocycles. The predicted molar refractivity (Wildman–Crippen MR) is 157 cm³/mol. The van der Waals surface area contributed by atoms with Crippen molar-refractivity contribution in [1.29, 1.82) is 0 Å². The van der Waals surface area contributed by atoms with Gasteiger partial charge in [0.05, 0.1) is 46.6 Å². The molecule has 2 N–H and O–H groups in total. The second kappa shape index (κ2) is 14.2. The minimum Gasteiger partial charge on any atom is -0.493 e. The number of aromatic nitrogens is 1. The van der Waals surface area contributed by atoms with Crippen LogP contribution >= 0.6 is 11.3 Å². The van der Waals surface area contributed by atoms with E-state index in [2.05, 4.69) is 15.0 Å². The summed E-state index contributed by atoms with van der Waals surface area (Å²) >= 11 is 1.53. The Hall–Kier alpha value is -3.74. The molecule has 0 aliphatic carbocycles.